The molecule has 1 heterocycles. The van der Waals surface area contributed by atoms with Crippen LogP contribution in [0.1, 0.15) is 11.1 Å². The Morgan fingerprint density at radius 3 is 2.70 bits per heavy atom. The first-order valence-corrected chi connectivity index (χ1v) is 7.86. The number of amides is 1. The molecule has 0 spiro atoms. The zero-order chi connectivity index (χ0) is 19.6. The third-order valence-corrected chi connectivity index (χ3v) is 3.89. The van der Waals surface area contributed by atoms with Crippen molar-refractivity contribution in [3.63, 3.8) is 0 Å². The van der Waals surface area contributed by atoms with Gasteiger partial charge in [-0.15, -0.1) is 0 Å². The number of carbonyl (C=O) groups is 1. The van der Waals surface area contributed by atoms with Crippen LogP contribution in [-0.2, 0) is 11.0 Å². The molecule has 1 N–H and O–H groups in total. The van der Waals surface area contributed by atoms with Gasteiger partial charge in [-0.2, -0.15) is 18.4 Å². The van der Waals surface area contributed by atoms with Gasteiger partial charge in [-0.05, 0) is 35.9 Å². The number of ether oxygens (including phenoxy) is 2. The highest BCUT2D eigenvalue weighted by Crippen LogP contribution is 2.40. The number of nitriles is 1. The summed E-state index contributed by atoms with van der Waals surface area (Å²) < 4.78 is 49.4. The second kappa shape index (κ2) is 7.21. The number of rotatable bonds is 3. The van der Waals surface area contributed by atoms with E-state index in [2.05, 4.69) is 5.32 Å². The highest BCUT2D eigenvalue weighted by molar-refractivity contribution is 6.32. The predicted octanol–water partition coefficient (Wildman–Crippen LogP) is 4.63. The van der Waals surface area contributed by atoms with E-state index in [9.17, 15) is 23.2 Å². The number of nitrogens with zero attached hydrogens (tertiary/aromatic N) is 1. The minimum atomic E-state index is -4.65. The van der Waals surface area contributed by atoms with E-state index in [-0.39, 0.29) is 11.8 Å². The van der Waals surface area contributed by atoms with Crippen LogP contribution < -0.4 is 14.8 Å². The van der Waals surface area contributed by atoms with Gasteiger partial charge in [0, 0.05) is 0 Å². The standard InChI is InChI=1S/C18H10ClF3N2O3/c19-13-6-10(7-15-16(13)27-9-26-15)5-11(8-23)17(25)24-14-4-2-1-3-12(14)18(20,21)22/h1-7H,9H2,(H,24,25)/b11-5+. The van der Waals surface area contributed by atoms with E-state index in [0.29, 0.717) is 17.1 Å². The van der Waals surface area contributed by atoms with Crippen LogP contribution >= 0.6 is 11.6 Å². The van der Waals surface area contributed by atoms with Crippen LogP contribution in [0, 0.1) is 11.3 Å². The molecule has 0 aromatic heterocycles. The Hall–Kier alpha value is -3.18. The number of hydrogen-bond donors (Lipinski definition) is 1. The van der Waals surface area contributed by atoms with Gasteiger partial charge in [-0.25, -0.2) is 0 Å². The van der Waals surface area contributed by atoms with Gasteiger partial charge < -0.3 is 14.8 Å². The third kappa shape index (κ3) is 3.99. The van der Waals surface area contributed by atoms with Gasteiger partial charge in [0.2, 0.25) is 6.79 Å². The van der Waals surface area contributed by atoms with Crippen molar-refractivity contribution in [2.75, 3.05) is 12.1 Å². The molecule has 2 aromatic rings. The maximum Gasteiger partial charge on any atom is 0.418 e. The molecule has 1 amide bonds. The van der Waals surface area contributed by atoms with Gasteiger partial charge in [0.25, 0.3) is 5.91 Å². The number of halogens is 4. The van der Waals surface area contributed by atoms with E-state index >= 15 is 0 Å². The van der Waals surface area contributed by atoms with Crippen molar-refractivity contribution in [3.8, 4) is 17.6 Å². The molecule has 0 saturated heterocycles. The number of fused-ring (bicyclic) bond motifs is 1. The summed E-state index contributed by atoms with van der Waals surface area (Å²) in [7, 11) is 0. The van der Waals surface area contributed by atoms with Gasteiger partial charge >= 0.3 is 6.18 Å². The van der Waals surface area contributed by atoms with Crippen molar-refractivity contribution in [2.24, 2.45) is 0 Å². The van der Waals surface area contributed by atoms with Crippen LogP contribution in [0.4, 0.5) is 18.9 Å². The highest BCUT2D eigenvalue weighted by atomic mass is 35.5. The maximum atomic E-state index is 13.0. The first-order chi connectivity index (χ1) is 12.8. The molecule has 0 unspecified atom stereocenters. The molecule has 0 saturated carbocycles. The average molecular weight is 395 g/mol. The van der Waals surface area contributed by atoms with E-state index in [1.807, 2.05) is 0 Å². The first kappa shape index (κ1) is 18.6. The highest BCUT2D eigenvalue weighted by Gasteiger charge is 2.33. The molecule has 138 valence electrons. The van der Waals surface area contributed by atoms with Crippen LogP contribution in [0.2, 0.25) is 5.02 Å². The lowest BCUT2D eigenvalue weighted by Crippen LogP contribution is -2.17. The molecule has 0 aliphatic carbocycles. The Bertz CT molecular complexity index is 981. The van der Waals surface area contributed by atoms with Crippen molar-refractivity contribution >= 4 is 29.3 Å². The molecule has 27 heavy (non-hydrogen) atoms. The Labute approximate surface area is 156 Å². The lowest BCUT2D eigenvalue weighted by Gasteiger charge is -2.13. The summed E-state index contributed by atoms with van der Waals surface area (Å²) >= 11 is 6.04. The fourth-order valence-corrected chi connectivity index (χ4v) is 2.69. The molecule has 5 nitrogen and oxygen atoms in total. The summed E-state index contributed by atoms with van der Waals surface area (Å²) in [5, 5.41) is 11.6. The number of nitrogens with one attached hydrogen (secondary N) is 1. The number of carbonyl (C=O) groups excluding carboxylic acids is 1. The molecule has 9 heteroatoms. The molecular formula is C18H10ClF3N2O3. The smallest absolute Gasteiger partial charge is 0.418 e. The molecule has 0 radical (unpaired) electrons. The third-order valence-electron chi connectivity index (χ3n) is 3.61. The van der Waals surface area contributed by atoms with Gasteiger partial charge in [0.1, 0.15) is 11.6 Å². The van der Waals surface area contributed by atoms with E-state index < -0.39 is 28.9 Å². The molecule has 2 aromatic carbocycles. The van der Waals surface area contributed by atoms with Gasteiger partial charge in [-0.1, -0.05) is 23.7 Å². The summed E-state index contributed by atoms with van der Waals surface area (Å²) in [4.78, 5) is 12.3. The second-order valence-corrected chi connectivity index (χ2v) is 5.81. The fraction of sp³-hybridized carbons (Fsp3) is 0.111. The van der Waals surface area contributed by atoms with E-state index in [0.717, 1.165) is 12.1 Å². The molecule has 1 aliphatic rings. The topological polar surface area (TPSA) is 71.3 Å². The van der Waals surface area contributed by atoms with Gasteiger partial charge in [0.05, 0.1) is 16.3 Å². The van der Waals surface area contributed by atoms with E-state index in [1.54, 1.807) is 6.07 Å². The minimum absolute atomic E-state index is 0.0119. The van der Waals surface area contributed by atoms with Crippen LogP contribution in [0.3, 0.4) is 0 Å². The first-order valence-electron chi connectivity index (χ1n) is 7.48. The number of benzene rings is 2. The average Bonchev–Trinajstić information content (AvgIpc) is 3.08. The van der Waals surface area contributed by atoms with Crippen LogP contribution in [0.25, 0.3) is 6.08 Å². The number of hydrogen-bond acceptors (Lipinski definition) is 4. The lowest BCUT2D eigenvalue weighted by molar-refractivity contribution is -0.137. The monoisotopic (exact) mass is 394 g/mol. The normalized spacial score (nSPS) is 13.2. The number of para-hydroxylation sites is 1. The summed E-state index contributed by atoms with van der Waals surface area (Å²) in [5.41, 5.74) is -1.50. The Morgan fingerprint density at radius 2 is 2.00 bits per heavy atom. The summed E-state index contributed by atoms with van der Waals surface area (Å²) in [6, 6.07) is 9.11. The van der Waals surface area contributed by atoms with Crippen molar-refractivity contribution < 1.29 is 27.4 Å². The van der Waals surface area contributed by atoms with Crippen molar-refractivity contribution in [1.29, 1.82) is 5.26 Å². The van der Waals surface area contributed by atoms with Crippen LogP contribution in [0.15, 0.2) is 42.0 Å². The summed E-state index contributed by atoms with van der Waals surface area (Å²) in [5.74, 6) is -0.298. The maximum absolute atomic E-state index is 13.0. The summed E-state index contributed by atoms with van der Waals surface area (Å²) in [6.45, 7) is -0.0119. The molecule has 1 aliphatic heterocycles. The Morgan fingerprint density at radius 1 is 1.26 bits per heavy atom. The van der Waals surface area contributed by atoms with Crippen molar-refractivity contribution in [3.05, 3.63) is 58.1 Å². The predicted molar refractivity (Wildman–Crippen MR) is 91.2 cm³/mol. The molecule has 0 atom stereocenters. The second-order valence-electron chi connectivity index (χ2n) is 5.40. The molecule has 3 rings (SSSR count). The Balaban J connectivity index is 1.89. The van der Waals surface area contributed by atoms with E-state index in [1.165, 1.54) is 30.3 Å². The quantitative estimate of drug-likeness (QED) is 0.608. The molecular weight excluding hydrogens is 385 g/mol. The van der Waals surface area contributed by atoms with Gasteiger partial charge in [0.15, 0.2) is 11.5 Å². The Kier molecular flexibility index (Phi) is 4.97. The van der Waals surface area contributed by atoms with E-state index in [4.69, 9.17) is 21.1 Å². The largest absolute Gasteiger partial charge is 0.454 e. The van der Waals surface area contributed by atoms with Crippen LogP contribution in [0.5, 0.6) is 11.5 Å². The molecule has 0 bridgehead atoms. The summed E-state index contributed by atoms with van der Waals surface area (Å²) in [6.07, 6.45) is -3.45. The zero-order valence-electron chi connectivity index (χ0n) is 13.4. The SMILES string of the molecule is N#C/C(=C\c1cc(Cl)c2c(c1)OCO2)C(=O)Nc1ccccc1C(F)(F)F. The van der Waals surface area contributed by atoms with Crippen molar-refractivity contribution in [2.45, 2.75) is 6.18 Å². The number of alkyl halides is 3. The van der Waals surface area contributed by atoms with Crippen LogP contribution in [-0.4, -0.2) is 12.7 Å². The van der Waals surface area contributed by atoms with Crippen molar-refractivity contribution in [1.82, 2.24) is 0 Å². The fourth-order valence-electron chi connectivity index (χ4n) is 2.41. The van der Waals surface area contributed by atoms with Gasteiger partial charge in [-0.3, -0.25) is 4.79 Å². The zero-order valence-corrected chi connectivity index (χ0v) is 14.2. The number of anilines is 1. The lowest BCUT2D eigenvalue weighted by atomic mass is 10.1. The molecule has 0 fully saturated rings. The minimum Gasteiger partial charge on any atom is -0.454 e.